The van der Waals surface area contributed by atoms with Crippen molar-refractivity contribution >= 4 is 68.3 Å². The minimum Gasteiger partial charge on any atom is -0.490 e. The van der Waals surface area contributed by atoms with Gasteiger partial charge in [0, 0.05) is 34.4 Å². The molecule has 0 spiro atoms. The van der Waals surface area contributed by atoms with E-state index < -0.39 is 21.8 Å². The van der Waals surface area contributed by atoms with Crippen molar-refractivity contribution < 1.29 is 33.6 Å². The molecule has 0 unspecified atom stereocenters. The van der Waals surface area contributed by atoms with Gasteiger partial charge in [0.25, 0.3) is 11.4 Å². The molecule has 0 saturated heterocycles. The van der Waals surface area contributed by atoms with Gasteiger partial charge in [0.2, 0.25) is 5.90 Å². The summed E-state index contributed by atoms with van der Waals surface area (Å²) in [4.78, 5) is 50.7. The third-order valence-electron chi connectivity index (χ3n) is 5.73. The van der Waals surface area contributed by atoms with E-state index in [4.69, 9.17) is 25.8 Å². The lowest BCUT2D eigenvalue weighted by Gasteiger charge is -2.11. The van der Waals surface area contributed by atoms with Crippen LogP contribution in [0.15, 0.2) is 71.4 Å². The Hall–Kier alpha value is -5.14. The lowest BCUT2D eigenvalue weighted by Crippen LogP contribution is -2.10. The van der Waals surface area contributed by atoms with Gasteiger partial charge in [-0.25, -0.2) is 14.6 Å². The minimum absolute atomic E-state index is 0.0300. The van der Waals surface area contributed by atoms with Crippen molar-refractivity contribution in [1.82, 2.24) is 0 Å². The van der Waals surface area contributed by atoms with Crippen LogP contribution in [0.4, 0.5) is 11.4 Å². The standard InChI is InChI=1S/C27H16ClN3O9S/c1-2-38-21-12-14(3-10-20(21)39-26(32)15-4-6-16(7-5-15)30(34)35)11-19-27(33)40-25(29-19)24-23(28)18-9-8-17(31(36)37)13-22(18)41-24/h3-13H,2H2,1H3/b19-11+. The molecule has 1 aromatic heterocycles. The number of non-ortho nitro benzene ring substituents is 2. The number of fused-ring (bicyclic) bond motifs is 1. The first kappa shape index (κ1) is 27.4. The number of hydrogen-bond acceptors (Lipinski definition) is 11. The molecule has 0 fully saturated rings. The van der Waals surface area contributed by atoms with Crippen LogP contribution in [-0.2, 0) is 9.53 Å². The van der Waals surface area contributed by atoms with Gasteiger partial charge in [0.1, 0.15) is 4.88 Å². The Labute approximate surface area is 239 Å². The van der Waals surface area contributed by atoms with E-state index in [1.54, 1.807) is 19.1 Å². The Balaban J connectivity index is 1.41. The van der Waals surface area contributed by atoms with E-state index in [2.05, 4.69) is 4.99 Å². The van der Waals surface area contributed by atoms with Gasteiger partial charge >= 0.3 is 11.9 Å². The average Bonchev–Trinajstić information content (AvgIpc) is 3.48. The Morgan fingerprint density at radius 1 is 1.02 bits per heavy atom. The van der Waals surface area contributed by atoms with E-state index in [1.165, 1.54) is 54.6 Å². The summed E-state index contributed by atoms with van der Waals surface area (Å²) in [6.07, 6.45) is 1.45. The quantitative estimate of drug-likeness (QED) is 0.0746. The molecule has 0 aliphatic carbocycles. The molecule has 2 heterocycles. The van der Waals surface area contributed by atoms with E-state index in [0.717, 1.165) is 11.3 Å². The molecule has 0 amide bonds. The van der Waals surface area contributed by atoms with Crippen LogP contribution in [0.1, 0.15) is 27.7 Å². The zero-order valence-corrected chi connectivity index (χ0v) is 22.4. The molecule has 41 heavy (non-hydrogen) atoms. The van der Waals surface area contributed by atoms with E-state index in [9.17, 15) is 29.8 Å². The topological polar surface area (TPSA) is 160 Å². The van der Waals surface area contributed by atoms with Gasteiger partial charge in [0.15, 0.2) is 17.2 Å². The summed E-state index contributed by atoms with van der Waals surface area (Å²) in [5.41, 5.74) is 0.300. The van der Waals surface area contributed by atoms with Crippen LogP contribution in [0.3, 0.4) is 0 Å². The van der Waals surface area contributed by atoms with E-state index in [0.29, 0.717) is 20.5 Å². The highest BCUT2D eigenvalue weighted by molar-refractivity contribution is 7.21. The van der Waals surface area contributed by atoms with Crippen molar-refractivity contribution in [3.05, 3.63) is 108 Å². The predicted octanol–water partition coefficient (Wildman–Crippen LogP) is 6.33. The number of rotatable bonds is 8. The number of hydrogen-bond donors (Lipinski definition) is 0. The Kier molecular flexibility index (Phi) is 7.46. The van der Waals surface area contributed by atoms with Gasteiger partial charge in [-0.2, -0.15) is 0 Å². The van der Waals surface area contributed by atoms with Gasteiger partial charge in [-0.3, -0.25) is 20.2 Å². The molecule has 0 N–H and O–H groups in total. The summed E-state index contributed by atoms with van der Waals surface area (Å²) in [5.74, 6) is -1.20. The van der Waals surface area contributed by atoms with Crippen LogP contribution in [0, 0.1) is 20.2 Å². The zero-order chi connectivity index (χ0) is 29.3. The number of carbonyl (C=O) groups is 2. The first-order chi connectivity index (χ1) is 19.6. The Morgan fingerprint density at radius 2 is 1.73 bits per heavy atom. The number of nitro benzene ring substituents is 2. The molecular formula is C27H16ClN3O9S. The molecule has 0 radical (unpaired) electrons. The lowest BCUT2D eigenvalue weighted by molar-refractivity contribution is -0.385. The molecule has 12 nitrogen and oxygen atoms in total. The van der Waals surface area contributed by atoms with Crippen LogP contribution in [0.2, 0.25) is 5.02 Å². The third kappa shape index (κ3) is 5.62. The SMILES string of the molecule is CCOc1cc(/C=C2/N=C(c3sc4cc([N+](=O)[O-])ccc4c3Cl)OC2=O)ccc1OC(=O)c1ccc([N+](=O)[O-])cc1. The number of esters is 2. The van der Waals surface area contributed by atoms with Gasteiger partial charge < -0.3 is 14.2 Å². The van der Waals surface area contributed by atoms with Crippen molar-refractivity contribution in [3.8, 4) is 11.5 Å². The second-order valence-corrected chi connectivity index (χ2v) is 9.78. The maximum atomic E-state index is 12.6. The number of ether oxygens (including phenoxy) is 3. The highest BCUT2D eigenvalue weighted by Gasteiger charge is 2.28. The fourth-order valence-corrected chi connectivity index (χ4v) is 5.29. The molecule has 4 aromatic rings. The second kappa shape index (κ2) is 11.2. The molecule has 0 saturated carbocycles. The van der Waals surface area contributed by atoms with E-state index >= 15 is 0 Å². The molecule has 1 aliphatic rings. The zero-order valence-electron chi connectivity index (χ0n) is 20.9. The van der Waals surface area contributed by atoms with Crippen LogP contribution >= 0.6 is 22.9 Å². The molecular weight excluding hydrogens is 578 g/mol. The average molecular weight is 594 g/mol. The van der Waals surface area contributed by atoms with Crippen LogP contribution < -0.4 is 9.47 Å². The Morgan fingerprint density at radius 3 is 2.41 bits per heavy atom. The number of thiophene rings is 1. The number of aliphatic imine (C=N–C) groups is 1. The van der Waals surface area contributed by atoms with Gasteiger partial charge in [-0.15, -0.1) is 11.3 Å². The predicted molar refractivity (Wildman–Crippen MR) is 150 cm³/mol. The maximum absolute atomic E-state index is 12.6. The minimum atomic E-state index is -0.744. The summed E-state index contributed by atoms with van der Waals surface area (Å²) in [6.45, 7) is 1.98. The number of nitrogens with zero attached hydrogens (tertiary/aromatic N) is 3. The molecule has 14 heteroatoms. The molecule has 206 valence electrons. The number of carbonyl (C=O) groups excluding carboxylic acids is 2. The maximum Gasteiger partial charge on any atom is 0.363 e. The van der Waals surface area contributed by atoms with Gasteiger partial charge in [-0.05, 0) is 48.9 Å². The third-order valence-corrected chi connectivity index (χ3v) is 7.37. The summed E-state index contributed by atoms with van der Waals surface area (Å²) < 4.78 is 16.9. The van der Waals surface area contributed by atoms with Gasteiger partial charge in [0.05, 0.1) is 27.0 Å². The van der Waals surface area contributed by atoms with Crippen LogP contribution in [0.5, 0.6) is 11.5 Å². The molecule has 3 aromatic carbocycles. The summed E-state index contributed by atoms with van der Waals surface area (Å²) in [7, 11) is 0. The molecule has 1 aliphatic heterocycles. The van der Waals surface area contributed by atoms with Crippen molar-refractivity contribution in [2.45, 2.75) is 6.92 Å². The van der Waals surface area contributed by atoms with Crippen molar-refractivity contribution in [2.75, 3.05) is 6.61 Å². The van der Waals surface area contributed by atoms with Crippen molar-refractivity contribution in [2.24, 2.45) is 4.99 Å². The second-order valence-electron chi connectivity index (χ2n) is 8.35. The van der Waals surface area contributed by atoms with Crippen LogP contribution in [0.25, 0.3) is 16.2 Å². The van der Waals surface area contributed by atoms with Crippen LogP contribution in [-0.4, -0.2) is 34.3 Å². The van der Waals surface area contributed by atoms with E-state index in [-0.39, 0.29) is 51.7 Å². The number of benzene rings is 3. The smallest absolute Gasteiger partial charge is 0.363 e. The number of halogens is 1. The molecule has 0 bridgehead atoms. The Bertz CT molecular complexity index is 1810. The number of nitro groups is 2. The summed E-state index contributed by atoms with van der Waals surface area (Å²) >= 11 is 7.57. The summed E-state index contributed by atoms with van der Waals surface area (Å²) in [6, 6.07) is 13.8. The fourth-order valence-electron chi connectivity index (χ4n) is 3.81. The molecule has 0 atom stereocenters. The number of cyclic esters (lactones) is 1. The highest BCUT2D eigenvalue weighted by Crippen LogP contribution is 2.39. The van der Waals surface area contributed by atoms with Crippen molar-refractivity contribution in [1.29, 1.82) is 0 Å². The van der Waals surface area contributed by atoms with E-state index in [1.807, 2.05) is 0 Å². The first-order valence-corrected chi connectivity index (χ1v) is 13.0. The summed E-state index contributed by atoms with van der Waals surface area (Å²) in [5, 5.41) is 22.8. The highest BCUT2D eigenvalue weighted by atomic mass is 35.5. The fraction of sp³-hybridized carbons (Fsp3) is 0.0741. The van der Waals surface area contributed by atoms with Gasteiger partial charge in [-0.1, -0.05) is 17.7 Å². The largest absolute Gasteiger partial charge is 0.490 e. The molecule has 5 rings (SSSR count). The lowest BCUT2D eigenvalue weighted by atomic mass is 10.1. The monoisotopic (exact) mass is 593 g/mol. The normalized spacial score (nSPS) is 13.7. The first-order valence-electron chi connectivity index (χ1n) is 11.8. The van der Waals surface area contributed by atoms with Crippen molar-refractivity contribution in [3.63, 3.8) is 0 Å².